The molecule has 2 saturated carbocycles. The monoisotopic (exact) mass is 898 g/mol. The van der Waals surface area contributed by atoms with Crippen LogP contribution in [-0.2, 0) is 18.9 Å². The van der Waals surface area contributed by atoms with Gasteiger partial charge in [0.25, 0.3) is 5.91 Å². The summed E-state index contributed by atoms with van der Waals surface area (Å²) in [6.07, 6.45) is 10.6. The van der Waals surface area contributed by atoms with Gasteiger partial charge in [-0.15, -0.1) is 11.3 Å². The van der Waals surface area contributed by atoms with Crippen LogP contribution in [0.4, 0.5) is 10.1 Å². The Hall–Kier alpha value is -4.85. The maximum Gasteiger partial charge on any atom is 0.358 e. The Morgan fingerprint density at radius 2 is 1.83 bits per heavy atom. The molecule has 3 aliphatic heterocycles. The molecule has 16 heteroatoms. The Labute approximate surface area is 371 Å². The molecule has 3 amide bonds. The number of thiophene rings is 1. The lowest BCUT2D eigenvalue weighted by molar-refractivity contribution is -0.148. The van der Waals surface area contributed by atoms with E-state index in [1.54, 1.807) is 55.6 Å². The van der Waals surface area contributed by atoms with Gasteiger partial charge in [0.15, 0.2) is 0 Å². The zero-order valence-electron chi connectivity index (χ0n) is 36.2. The number of benzene rings is 2. The third kappa shape index (κ3) is 8.14. The second kappa shape index (κ2) is 16.9. The summed E-state index contributed by atoms with van der Waals surface area (Å²) in [7, 11) is -0.501. The largest absolute Gasteiger partial charge is 0.480 e. The van der Waals surface area contributed by atoms with Gasteiger partial charge in [0.1, 0.15) is 23.9 Å². The fourth-order valence-electron chi connectivity index (χ4n) is 10.7. The molecule has 3 saturated heterocycles. The van der Waals surface area contributed by atoms with Gasteiger partial charge in [-0.1, -0.05) is 31.2 Å². The van der Waals surface area contributed by atoms with Crippen molar-refractivity contribution in [3.05, 3.63) is 89.1 Å². The topological polar surface area (TPSA) is 153 Å². The molecule has 5 aliphatic rings. The summed E-state index contributed by atoms with van der Waals surface area (Å²) in [4.78, 5) is 66.5. The Bertz CT molecular complexity index is 2470. The van der Waals surface area contributed by atoms with Crippen molar-refractivity contribution in [2.45, 2.75) is 113 Å². The highest BCUT2D eigenvalue weighted by atomic mass is 32.1. The number of amides is 3. The van der Waals surface area contributed by atoms with Gasteiger partial charge in [0.05, 0.1) is 4.88 Å². The van der Waals surface area contributed by atoms with E-state index in [1.165, 1.54) is 30.4 Å². The molecule has 0 radical (unpaired) electrons. The summed E-state index contributed by atoms with van der Waals surface area (Å²) in [5.41, 5.74) is 2.07. The highest BCUT2D eigenvalue weighted by Crippen LogP contribution is 2.64. The Morgan fingerprint density at radius 1 is 1.06 bits per heavy atom. The Balaban J connectivity index is 0.943. The molecule has 2 N–H and O–H groups in total. The molecule has 9 atom stereocenters. The number of aromatic nitrogens is 1. The summed E-state index contributed by atoms with van der Waals surface area (Å²) in [6, 6.07) is 13.7. The van der Waals surface area contributed by atoms with Crippen LogP contribution in [0.25, 0.3) is 10.1 Å². The number of aliphatic carboxylic acids is 1. The van der Waals surface area contributed by atoms with Gasteiger partial charge in [0, 0.05) is 67.5 Å². The number of hydrogen-bond donors (Lipinski definition) is 2. The maximum atomic E-state index is 16.9. The first kappa shape index (κ1) is 43.4. The lowest BCUT2D eigenvalue weighted by Gasteiger charge is -2.37. The van der Waals surface area contributed by atoms with Crippen molar-refractivity contribution in [3.63, 3.8) is 0 Å². The fourth-order valence-corrected chi connectivity index (χ4v) is 14.1. The molecule has 5 fully saturated rings. The molecule has 0 unspecified atom stereocenters. The number of halogens is 1. The summed E-state index contributed by atoms with van der Waals surface area (Å²) >= 11 is 1.20. The molecule has 63 heavy (non-hydrogen) atoms. The maximum absolute atomic E-state index is 16.9. The van der Waals surface area contributed by atoms with E-state index in [1.807, 2.05) is 31.3 Å². The molecule has 0 bridgehead atoms. The van der Waals surface area contributed by atoms with Gasteiger partial charge in [0.2, 0.25) is 17.7 Å². The fraction of sp³-hybridized carbons (Fsp3) is 0.511. The molecular formula is C47H56FN6O7PS. The molecule has 4 aromatic rings. The lowest BCUT2D eigenvalue weighted by atomic mass is 9.95. The third-order valence-corrected chi connectivity index (χ3v) is 17.9. The number of hydrogen-bond acceptors (Lipinski definition) is 9. The van der Waals surface area contributed by atoms with Crippen LogP contribution in [0, 0.1) is 11.8 Å². The van der Waals surface area contributed by atoms with Gasteiger partial charge >= 0.3 is 13.5 Å². The van der Waals surface area contributed by atoms with E-state index >= 15 is 4.39 Å². The number of likely N-dealkylation sites (tertiary alicyclic amines) is 1. The SMILES string of the molecule is CCCN([C@@H](C)C(=O)O)[P@](=O)(Oc1ccccc1)[C@@H](F)c1ccc2sc(C(=O)N[C@H]3C[C@@H]4C[C@@H]4C[C@H]4CC[C@@H](C(=O)N5C[C@@H](c6cnccc6N(C)C)CC56CC6)N4C3=O)cc2c1. The van der Waals surface area contributed by atoms with Crippen molar-refractivity contribution in [3.8, 4) is 5.75 Å². The average Bonchev–Trinajstić information content (AvgIpc) is 4.02. The molecule has 2 aromatic carbocycles. The number of anilines is 1. The van der Waals surface area contributed by atoms with Crippen LogP contribution in [0.15, 0.2) is 73.1 Å². The minimum absolute atomic E-state index is 0.0135. The molecule has 2 aromatic heterocycles. The van der Waals surface area contributed by atoms with Crippen LogP contribution < -0.4 is 14.7 Å². The summed E-state index contributed by atoms with van der Waals surface area (Å²) in [6.45, 7) is 3.76. The van der Waals surface area contributed by atoms with Crippen LogP contribution in [0.3, 0.4) is 0 Å². The highest BCUT2D eigenvalue weighted by molar-refractivity contribution is 7.57. The van der Waals surface area contributed by atoms with E-state index in [0.717, 1.165) is 54.4 Å². The molecule has 9 rings (SSSR count). The van der Waals surface area contributed by atoms with Gasteiger partial charge < -0.3 is 29.6 Å². The zero-order valence-corrected chi connectivity index (χ0v) is 37.9. The number of rotatable bonds is 14. The smallest absolute Gasteiger partial charge is 0.358 e. The number of para-hydroxylation sites is 1. The summed E-state index contributed by atoms with van der Waals surface area (Å²) in [5.74, 6) is -3.03. The first-order valence-corrected chi connectivity index (χ1v) is 24.7. The molecule has 334 valence electrons. The lowest BCUT2D eigenvalue weighted by Crippen LogP contribution is -2.57. The molecule has 13 nitrogen and oxygen atoms in total. The highest BCUT2D eigenvalue weighted by Gasteiger charge is 2.59. The summed E-state index contributed by atoms with van der Waals surface area (Å²) in [5, 5.41) is 13.5. The Kier molecular flexibility index (Phi) is 11.7. The van der Waals surface area contributed by atoms with E-state index in [9.17, 15) is 28.8 Å². The third-order valence-electron chi connectivity index (χ3n) is 14.2. The quantitative estimate of drug-likeness (QED) is 0.119. The van der Waals surface area contributed by atoms with E-state index in [2.05, 4.69) is 20.1 Å². The minimum Gasteiger partial charge on any atom is -0.480 e. The second-order valence-corrected chi connectivity index (χ2v) is 21.9. The number of carbonyl (C=O) groups excluding carboxylic acids is 3. The van der Waals surface area contributed by atoms with Gasteiger partial charge in [-0.3, -0.25) is 28.7 Å². The number of alkyl halides is 1. The van der Waals surface area contributed by atoms with E-state index in [0.29, 0.717) is 52.6 Å². The van der Waals surface area contributed by atoms with E-state index in [-0.39, 0.29) is 47.2 Å². The van der Waals surface area contributed by atoms with Crippen LogP contribution in [0.1, 0.15) is 104 Å². The average molecular weight is 899 g/mol. The number of carboxylic acids is 1. The molecular weight excluding hydrogens is 843 g/mol. The van der Waals surface area contributed by atoms with Crippen LogP contribution >= 0.6 is 18.9 Å². The number of pyridine rings is 1. The van der Waals surface area contributed by atoms with Gasteiger partial charge in [-0.25, -0.2) is 9.06 Å². The molecule has 5 heterocycles. The first-order chi connectivity index (χ1) is 30.2. The van der Waals surface area contributed by atoms with Crippen LogP contribution in [0.2, 0.25) is 0 Å². The predicted molar refractivity (Wildman–Crippen MR) is 240 cm³/mol. The normalized spacial score (nSPS) is 26.6. The zero-order chi connectivity index (χ0) is 44.4. The standard InChI is InChI=1S/C47H56FN6O7PS/c1-5-19-53(28(2)46(58)59)62(60,61-35-9-7-6-8-10-35)42(48)29-11-14-40-32(20-29)24-41(63-40)43(55)50-37-23-31-21-30(31)22-34-12-13-39(54(34)44(37)56)45(57)52-27-33(25-47(52)16-17-47)36-26-49-18-15-38(36)51(3)4/h6-11,14-15,18,20,24,26,28,30-31,33-34,37,39,42H,5,12-13,16-17,19,21-23,25,27H2,1-4H3,(H,50,55)(H,58,59)/t28-,30+,31-,33-,34+,37-,39-,42+,62+/m0/s1. The van der Waals surface area contributed by atoms with Crippen molar-refractivity contribution in [2.75, 3.05) is 32.1 Å². The van der Waals surface area contributed by atoms with Gasteiger partial charge in [-0.05, 0) is 129 Å². The Morgan fingerprint density at radius 3 is 2.54 bits per heavy atom. The second-order valence-electron chi connectivity index (χ2n) is 18.5. The minimum atomic E-state index is -4.54. The van der Waals surface area contributed by atoms with Crippen LogP contribution in [0.5, 0.6) is 5.75 Å². The predicted octanol–water partition coefficient (Wildman–Crippen LogP) is 8.22. The van der Waals surface area contributed by atoms with Crippen molar-refractivity contribution >= 4 is 58.3 Å². The molecule has 2 aliphatic carbocycles. The first-order valence-electron chi connectivity index (χ1n) is 22.3. The van der Waals surface area contributed by atoms with E-state index in [4.69, 9.17) is 4.52 Å². The van der Waals surface area contributed by atoms with Crippen molar-refractivity contribution < 1.29 is 37.8 Å². The van der Waals surface area contributed by atoms with Crippen molar-refractivity contribution in [2.24, 2.45) is 11.8 Å². The number of carbonyl (C=O) groups is 4. The molecule has 1 spiro atoms. The van der Waals surface area contributed by atoms with Crippen molar-refractivity contribution in [1.82, 2.24) is 24.8 Å². The summed E-state index contributed by atoms with van der Waals surface area (Å²) < 4.78 is 39.5. The van der Waals surface area contributed by atoms with E-state index < -0.39 is 43.4 Å². The van der Waals surface area contributed by atoms with Gasteiger partial charge in [-0.2, -0.15) is 0 Å². The van der Waals surface area contributed by atoms with Crippen LogP contribution in [-0.4, -0.2) is 105 Å². The number of nitrogens with zero attached hydrogens (tertiary/aromatic N) is 5. The number of nitrogens with one attached hydrogen (secondary N) is 1. The number of fused-ring (bicyclic) bond motifs is 3. The number of carboxylic acid groups (broad SMARTS) is 1. The van der Waals surface area contributed by atoms with Crippen molar-refractivity contribution in [1.29, 1.82) is 0 Å².